The van der Waals surface area contributed by atoms with Gasteiger partial charge in [0.05, 0.1) is 11.7 Å². The van der Waals surface area contributed by atoms with E-state index in [-0.39, 0.29) is 17.7 Å². The molecule has 1 aromatic heterocycles. The molecule has 0 fully saturated rings. The summed E-state index contributed by atoms with van der Waals surface area (Å²) in [7, 11) is 0. The smallest absolute Gasteiger partial charge is 0.134 e. The minimum Gasteiger partial charge on any atom is -0.388 e. The van der Waals surface area contributed by atoms with E-state index in [1.165, 1.54) is 19.2 Å². The lowest BCUT2D eigenvalue weighted by Crippen LogP contribution is -2.22. The fourth-order valence-corrected chi connectivity index (χ4v) is 2.19. The summed E-state index contributed by atoms with van der Waals surface area (Å²) >= 11 is 0. The second-order valence-electron chi connectivity index (χ2n) is 4.67. The third-order valence-corrected chi connectivity index (χ3v) is 3.36. The molecule has 0 spiro atoms. The molecule has 0 radical (unpaired) electrons. The highest BCUT2D eigenvalue weighted by atomic mass is 19.1. The number of hydrogen-bond acceptors (Lipinski definition) is 3. The highest BCUT2D eigenvalue weighted by molar-refractivity contribution is 5.31. The molecular formula is C15H16F2N2O. The number of nitrogens with two attached hydrogens (primary N) is 1. The number of rotatable bonds is 4. The summed E-state index contributed by atoms with van der Waals surface area (Å²) in [5.41, 5.74) is 6.23. The van der Waals surface area contributed by atoms with Crippen molar-refractivity contribution in [1.82, 2.24) is 4.98 Å². The van der Waals surface area contributed by atoms with Gasteiger partial charge in [-0.2, -0.15) is 0 Å². The normalized spacial score (nSPS) is 14.1. The zero-order valence-corrected chi connectivity index (χ0v) is 11.1. The van der Waals surface area contributed by atoms with Crippen molar-refractivity contribution in [3.63, 3.8) is 0 Å². The summed E-state index contributed by atoms with van der Waals surface area (Å²) in [6.07, 6.45) is 1.76. The first-order valence-corrected chi connectivity index (χ1v) is 6.28. The Morgan fingerprint density at radius 2 is 2.05 bits per heavy atom. The second kappa shape index (κ2) is 6.07. The average Bonchev–Trinajstić information content (AvgIpc) is 2.45. The van der Waals surface area contributed by atoms with E-state index in [0.717, 1.165) is 6.07 Å². The minimum atomic E-state index is -1.36. The van der Waals surface area contributed by atoms with Crippen LogP contribution in [0.5, 0.6) is 0 Å². The van der Waals surface area contributed by atoms with E-state index in [4.69, 9.17) is 5.73 Å². The molecule has 2 rings (SSSR count). The number of nitrogens with zero attached hydrogens (tertiary/aromatic N) is 1. The summed E-state index contributed by atoms with van der Waals surface area (Å²) < 4.78 is 27.9. The zero-order valence-electron chi connectivity index (χ0n) is 11.1. The van der Waals surface area contributed by atoms with Gasteiger partial charge in [-0.3, -0.25) is 4.98 Å². The number of halogens is 2. The molecule has 0 amide bonds. The molecule has 0 bridgehead atoms. The van der Waals surface area contributed by atoms with Crippen LogP contribution in [-0.2, 0) is 0 Å². The maximum atomic E-state index is 14.1. The van der Waals surface area contributed by atoms with Gasteiger partial charge in [-0.25, -0.2) is 8.78 Å². The van der Waals surface area contributed by atoms with E-state index >= 15 is 0 Å². The van der Waals surface area contributed by atoms with E-state index < -0.39 is 23.7 Å². The van der Waals surface area contributed by atoms with Gasteiger partial charge < -0.3 is 10.8 Å². The van der Waals surface area contributed by atoms with Crippen LogP contribution in [0.1, 0.15) is 28.7 Å². The Bertz CT molecular complexity index is 590. The van der Waals surface area contributed by atoms with Gasteiger partial charge in [0, 0.05) is 24.9 Å². The second-order valence-corrected chi connectivity index (χ2v) is 4.67. The molecule has 1 aromatic carbocycles. The Morgan fingerprint density at radius 1 is 1.30 bits per heavy atom. The third-order valence-electron chi connectivity index (χ3n) is 3.36. The molecule has 20 heavy (non-hydrogen) atoms. The summed E-state index contributed by atoms with van der Waals surface area (Å²) in [5.74, 6) is -2.13. The Hall–Kier alpha value is -1.85. The number of aliphatic hydroxyl groups excluding tert-OH is 1. The molecule has 0 saturated carbocycles. The molecule has 0 saturated heterocycles. The van der Waals surface area contributed by atoms with Gasteiger partial charge in [0.25, 0.3) is 0 Å². The third kappa shape index (κ3) is 2.69. The fourth-order valence-electron chi connectivity index (χ4n) is 2.19. The first kappa shape index (κ1) is 14.6. The molecule has 5 heteroatoms. The molecule has 2 aromatic rings. The number of aromatic nitrogens is 1. The Morgan fingerprint density at radius 3 is 2.65 bits per heavy atom. The number of pyridine rings is 1. The van der Waals surface area contributed by atoms with Crippen molar-refractivity contribution in [1.29, 1.82) is 0 Å². The first-order valence-electron chi connectivity index (χ1n) is 6.28. The molecule has 2 atom stereocenters. The van der Waals surface area contributed by atoms with Crippen LogP contribution in [0.15, 0.2) is 36.7 Å². The maximum absolute atomic E-state index is 14.1. The van der Waals surface area contributed by atoms with Crippen molar-refractivity contribution in [3.8, 4) is 0 Å². The lowest BCUT2D eigenvalue weighted by Gasteiger charge is -2.23. The van der Waals surface area contributed by atoms with Crippen LogP contribution in [0.3, 0.4) is 0 Å². The molecular weight excluding hydrogens is 262 g/mol. The van der Waals surface area contributed by atoms with Crippen molar-refractivity contribution >= 4 is 0 Å². The summed E-state index contributed by atoms with van der Waals surface area (Å²) in [5, 5.41) is 10.3. The van der Waals surface area contributed by atoms with Gasteiger partial charge in [-0.05, 0) is 30.2 Å². The van der Waals surface area contributed by atoms with Gasteiger partial charge in [0.15, 0.2) is 0 Å². The molecule has 1 heterocycles. The van der Waals surface area contributed by atoms with Crippen molar-refractivity contribution < 1.29 is 13.9 Å². The van der Waals surface area contributed by atoms with E-state index in [0.29, 0.717) is 5.56 Å². The largest absolute Gasteiger partial charge is 0.388 e. The standard InChI is InChI=1S/C15H16F2N2O/c1-9-4-5-12(16)13(14(9)17)15(20)11(7-18)10-3-2-6-19-8-10/h2-6,8,11,15,20H,7,18H2,1H3. The molecule has 106 valence electrons. The highest BCUT2D eigenvalue weighted by Gasteiger charge is 2.27. The maximum Gasteiger partial charge on any atom is 0.134 e. The monoisotopic (exact) mass is 278 g/mol. The molecule has 0 aliphatic carbocycles. The summed E-state index contributed by atoms with van der Waals surface area (Å²) in [6.45, 7) is 1.58. The fraction of sp³-hybridized carbons (Fsp3) is 0.267. The topological polar surface area (TPSA) is 59.1 Å². The number of benzene rings is 1. The first-order chi connectivity index (χ1) is 9.56. The average molecular weight is 278 g/mol. The SMILES string of the molecule is Cc1ccc(F)c(C(O)C(CN)c2cccnc2)c1F. The van der Waals surface area contributed by atoms with Crippen LogP contribution >= 0.6 is 0 Å². The van der Waals surface area contributed by atoms with Crippen molar-refractivity contribution in [3.05, 3.63) is 65.0 Å². The van der Waals surface area contributed by atoms with Gasteiger partial charge >= 0.3 is 0 Å². The van der Waals surface area contributed by atoms with E-state index in [2.05, 4.69) is 4.98 Å². The summed E-state index contributed by atoms with van der Waals surface area (Å²) in [6, 6.07) is 5.89. The van der Waals surface area contributed by atoms with Crippen LogP contribution in [0.4, 0.5) is 8.78 Å². The molecule has 2 unspecified atom stereocenters. The van der Waals surface area contributed by atoms with Crippen molar-refractivity contribution in [2.24, 2.45) is 5.73 Å². The highest BCUT2D eigenvalue weighted by Crippen LogP contribution is 2.33. The van der Waals surface area contributed by atoms with Crippen LogP contribution in [0.25, 0.3) is 0 Å². The van der Waals surface area contributed by atoms with Gasteiger partial charge in [-0.15, -0.1) is 0 Å². The lowest BCUT2D eigenvalue weighted by molar-refractivity contribution is 0.138. The van der Waals surface area contributed by atoms with Gasteiger partial charge in [0.2, 0.25) is 0 Å². The lowest BCUT2D eigenvalue weighted by atomic mass is 9.89. The predicted octanol–water partition coefficient (Wildman–Crippen LogP) is 2.44. The number of hydrogen-bond donors (Lipinski definition) is 2. The van der Waals surface area contributed by atoms with E-state index in [1.807, 2.05) is 0 Å². The van der Waals surface area contributed by atoms with Crippen LogP contribution in [0, 0.1) is 18.6 Å². The quantitative estimate of drug-likeness (QED) is 0.903. The Kier molecular flexibility index (Phi) is 4.42. The number of aryl methyl sites for hydroxylation is 1. The van der Waals surface area contributed by atoms with Crippen LogP contribution in [-0.4, -0.2) is 16.6 Å². The van der Waals surface area contributed by atoms with Crippen molar-refractivity contribution in [2.45, 2.75) is 18.9 Å². The minimum absolute atomic E-state index is 0.0552. The van der Waals surface area contributed by atoms with E-state index in [1.54, 1.807) is 18.3 Å². The predicted molar refractivity (Wildman–Crippen MR) is 72.1 cm³/mol. The molecule has 0 aliphatic heterocycles. The molecule has 3 N–H and O–H groups in total. The molecule has 0 aliphatic rings. The number of aliphatic hydroxyl groups is 1. The zero-order chi connectivity index (χ0) is 14.7. The molecule has 3 nitrogen and oxygen atoms in total. The van der Waals surface area contributed by atoms with E-state index in [9.17, 15) is 13.9 Å². The van der Waals surface area contributed by atoms with Crippen LogP contribution in [0.2, 0.25) is 0 Å². The van der Waals surface area contributed by atoms with Crippen molar-refractivity contribution in [2.75, 3.05) is 6.54 Å². The van der Waals surface area contributed by atoms with Crippen LogP contribution < -0.4 is 5.73 Å². The Labute approximate surface area is 116 Å². The summed E-state index contributed by atoms with van der Waals surface area (Å²) in [4.78, 5) is 3.94. The Balaban J connectivity index is 2.44. The van der Waals surface area contributed by atoms with Gasteiger partial charge in [-0.1, -0.05) is 12.1 Å². The van der Waals surface area contributed by atoms with Gasteiger partial charge in [0.1, 0.15) is 11.6 Å².